The van der Waals surface area contributed by atoms with Crippen molar-refractivity contribution in [2.24, 2.45) is 0 Å². The molecule has 0 aliphatic rings. The molecule has 0 fully saturated rings. The number of carbonyl (C=O) groups excluding carboxylic acids is 1. The maximum absolute atomic E-state index is 10.7. The van der Waals surface area contributed by atoms with E-state index in [4.69, 9.17) is 16.3 Å². The minimum absolute atomic E-state index is 0.611. The Morgan fingerprint density at radius 2 is 1.82 bits per heavy atom. The Bertz CT molecular complexity index is 532. The fourth-order valence-corrected chi connectivity index (χ4v) is 1.83. The van der Waals surface area contributed by atoms with Crippen LogP contribution in [0.4, 0.5) is 0 Å². The van der Waals surface area contributed by atoms with Gasteiger partial charge in [-0.1, -0.05) is 29.8 Å². The van der Waals surface area contributed by atoms with Crippen LogP contribution in [-0.4, -0.2) is 13.4 Å². The van der Waals surface area contributed by atoms with Gasteiger partial charge in [-0.15, -0.1) is 0 Å². The van der Waals surface area contributed by atoms with Crippen molar-refractivity contribution in [3.05, 3.63) is 53.1 Å². The average Bonchev–Trinajstić information content (AvgIpc) is 2.39. The number of aldehydes is 1. The smallest absolute Gasteiger partial charge is 0.150 e. The van der Waals surface area contributed by atoms with E-state index in [0.717, 1.165) is 23.2 Å². The van der Waals surface area contributed by atoms with Crippen molar-refractivity contribution in [2.75, 3.05) is 7.11 Å². The molecule has 2 aromatic rings. The average molecular weight is 247 g/mol. The summed E-state index contributed by atoms with van der Waals surface area (Å²) in [6.45, 7) is 0. The zero-order valence-corrected chi connectivity index (χ0v) is 10.1. The van der Waals surface area contributed by atoms with Crippen molar-refractivity contribution in [3.63, 3.8) is 0 Å². The third-order valence-electron chi connectivity index (χ3n) is 2.53. The summed E-state index contributed by atoms with van der Waals surface area (Å²) in [6.07, 6.45) is 0.809. The quantitative estimate of drug-likeness (QED) is 0.770. The Labute approximate surface area is 105 Å². The summed E-state index contributed by atoms with van der Waals surface area (Å²) in [5, 5.41) is 0.626. The fourth-order valence-electron chi connectivity index (χ4n) is 1.61. The molecule has 3 heteroatoms. The van der Waals surface area contributed by atoms with Gasteiger partial charge in [0.15, 0.2) is 0 Å². The first-order valence-electron chi connectivity index (χ1n) is 5.14. The van der Waals surface area contributed by atoms with E-state index in [-0.39, 0.29) is 0 Å². The summed E-state index contributed by atoms with van der Waals surface area (Å²) in [6, 6.07) is 12.7. The lowest BCUT2D eigenvalue weighted by Gasteiger charge is -2.06. The van der Waals surface area contributed by atoms with E-state index in [1.165, 1.54) is 0 Å². The van der Waals surface area contributed by atoms with E-state index in [9.17, 15) is 4.79 Å². The third kappa shape index (κ3) is 2.48. The molecule has 0 N–H and O–H groups in total. The van der Waals surface area contributed by atoms with Crippen LogP contribution in [0.5, 0.6) is 5.75 Å². The van der Waals surface area contributed by atoms with E-state index in [2.05, 4.69) is 0 Å². The van der Waals surface area contributed by atoms with Gasteiger partial charge in [0.25, 0.3) is 0 Å². The molecule has 0 heterocycles. The molecule has 0 saturated carbocycles. The van der Waals surface area contributed by atoms with Gasteiger partial charge in [-0.25, -0.2) is 0 Å². The predicted octanol–water partition coefficient (Wildman–Crippen LogP) is 3.83. The lowest BCUT2D eigenvalue weighted by atomic mass is 10.0. The standard InChI is InChI=1S/C14H11ClO2/c1-17-12-5-3-11(4-6-12)13-8-10(9-16)2-7-14(13)15/h2-9H,1H3. The first-order valence-corrected chi connectivity index (χ1v) is 5.51. The molecule has 0 saturated heterocycles. The van der Waals surface area contributed by atoms with E-state index >= 15 is 0 Å². The van der Waals surface area contributed by atoms with Gasteiger partial charge in [0, 0.05) is 16.1 Å². The van der Waals surface area contributed by atoms with Crippen LogP contribution in [0.15, 0.2) is 42.5 Å². The first kappa shape index (κ1) is 11.7. The number of ether oxygens (including phenoxy) is 1. The van der Waals surface area contributed by atoms with Gasteiger partial charge in [0.05, 0.1) is 7.11 Å². The number of methoxy groups -OCH3 is 1. The highest BCUT2D eigenvalue weighted by Gasteiger charge is 2.05. The van der Waals surface area contributed by atoms with Crippen molar-refractivity contribution >= 4 is 17.9 Å². The van der Waals surface area contributed by atoms with Crippen LogP contribution in [0.25, 0.3) is 11.1 Å². The van der Waals surface area contributed by atoms with Crippen LogP contribution in [-0.2, 0) is 0 Å². The zero-order valence-electron chi connectivity index (χ0n) is 9.31. The van der Waals surface area contributed by atoms with Crippen LogP contribution < -0.4 is 4.74 Å². The Hall–Kier alpha value is -1.80. The van der Waals surface area contributed by atoms with Gasteiger partial charge >= 0.3 is 0 Å². The number of benzene rings is 2. The normalized spacial score (nSPS) is 10.0. The highest BCUT2D eigenvalue weighted by Crippen LogP contribution is 2.29. The molecule has 2 nitrogen and oxygen atoms in total. The molecule has 0 radical (unpaired) electrons. The maximum atomic E-state index is 10.7. The first-order chi connectivity index (χ1) is 8.24. The lowest BCUT2D eigenvalue weighted by Crippen LogP contribution is -1.86. The molecule has 0 aliphatic carbocycles. The number of rotatable bonds is 3. The van der Waals surface area contributed by atoms with Crippen molar-refractivity contribution in [3.8, 4) is 16.9 Å². The Morgan fingerprint density at radius 3 is 2.41 bits per heavy atom. The lowest BCUT2D eigenvalue weighted by molar-refractivity contribution is 0.112. The van der Waals surface area contributed by atoms with E-state index < -0.39 is 0 Å². The van der Waals surface area contributed by atoms with Gasteiger partial charge in [0.2, 0.25) is 0 Å². The highest BCUT2D eigenvalue weighted by atomic mass is 35.5. The molecule has 2 rings (SSSR count). The molecule has 86 valence electrons. The van der Waals surface area contributed by atoms with Crippen LogP contribution in [0.1, 0.15) is 10.4 Å². The molecular formula is C14H11ClO2. The van der Waals surface area contributed by atoms with Gasteiger partial charge in [-0.05, 0) is 29.8 Å². The molecule has 0 aliphatic heterocycles. The summed E-state index contributed by atoms with van der Waals surface area (Å²) < 4.78 is 5.09. The molecule has 0 amide bonds. The monoisotopic (exact) mass is 246 g/mol. The topological polar surface area (TPSA) is 26.3 Å². The minimum Gasteiger partial charge on any atom is -0.497 e. The Kier molecular flexibility index (Phi) is 3.45. The van der Waals surface area contributed by atoms with Crippen molar-refractivity contribution in [1.82, 2.24) is 0 Å². The third-order valence-corrected chi connectivity index (χ3v) is 2.86. The van der Waals surface area contributed by atoms with Crippen LogP contribution in [0.3, 0.4) is 0 Å². The molecule has 17 heavy (non-hydrogen) atoms. The highest BCUT2D eigenvalue weighted by molar-refractivity contribution is 6.33. The van der Waals surface area contributed by atoms with Crippen molar-refractivity contribution in [2.45, 2.75) is 0 Å². The number of hydrogen-bond acceptors (Lipinski definition) is 2. The second-order valence-electron chi connectivity index (χ2n) is 3.59. The molecule has 2 aromatic carbocycles. The van der Waals surface area contributed by atoms with Crippen LogP contribution in [0.2, 0.25) is 5.02 Å². The molecule has 0 spiro atoms. The second kappa shape index (κ2) is 5.02. The maximum Gasteiger partial charge on any atom is 0.150 e. The Morgan fingerprint density at radius 1 is 1.12 bits per heavy atom. The van der Waals surface area contributed by atoms with Gasteiger partial charge in [-0.3, -0.25) is 4.79 Å². The summed E-state index contributed by atoms with van der Waals surface area (Å²) in [5.41, 5.74) is 2.42. The Balaban J connectivity index is 2.47. The van der Waals surface area contributed by atoms with Gasteiger partial charge in [0.1, 0.15) is 12.0 Å². The van der Waals surface area contributed by atoms with Crippen molar-refractivity contribution < 1.29 is 9.53 Å². The van der Waals surface area contributed by atoms with Gasteiger partial charge < -0.3 is 4.74 Å². The largest absolute Gasteiger partial charge is 0.497 e. The number of carbonyl (C=O) groups is 1. The molecule has 0 aromatic heterocycles. The van der Waals surface area contributed by atoms with E-state index in [0.29, 0.717) is 10.6 Å². The summed E-state index contributed by atoms with van der Waals surface area (Å²) >= 11 is 6.11. The van der Waals surface area contributed by atoms with E-state index in [1.807, 2.05) is 24.3 Å². The number of halogens is 1. The van der Waals surface area contributed by atoms with E-state index in [1.54, 1.807) is 25.3 Å². The number of hydrogen-bond donors (Lipinski definition) is 0. The van der Waals surface area contributed by atoms with Crippen LogP contribution in [0, 0.1) is 0 Å². The minimum atomic E-state index is 0.611. The van der Waals surface area contributed by atoms with Gasteiger partial charge in [-0.2, -0.15) is 0 Å². The molecule has 0 unspecified atom stereocenters. The predicted molar refractivity (Wildman–Crippen MR) is 68.8 cm³/mol. The SMILES string of the molecule is COc1ccc(-c2cc(C=O)ccc2Cl)cc1. The summed E-state index contributed by atoms with van der Waals surface area (Å²) in [7, 11) is 1.62. The summed E-state index contributed by atoms with van der Waals surface area (Å²) in [4.78, 5) is 10.7. The second-order valence-corrected chi connectivity index (χ2v) is 3.99. The molecule has 0 bridgehead atoms. The molecular weight excluding hydrogens is 236 g/mol. The summed E-state index contributed by atoms with van der Waals surface area (Å²) in [5.74, 6) is 0.788. The molecule has 0 atom stereocenters. The zero-order chi connectivity index (χ0) is 12.3. The van der Waals surface area contributed by atoms with Crippen molar-refractivity contribution in [1.29, 1.82) is 0 Å². The van der Waals surface area contributed by atoms with Crippen LogP contribution >= 0.6 is 11.6 Å². The fraction of sp³-hybridized carbons (Fsp3) is 0.0714.